The summed E-state index contributed by atoms with van der Waals surface area (Å²) in [5.41, 5.74) is 1.84. The minimum absolute atomic E-state index is 0.0963. The first-order valence-electron chi connectivity index (χ1n) is 6.28. The van der Waals surface area contributed by atoms with Crippen LogP contribution in [0.2, 0.25) is 0 Å². The van der Waals surface area contributed by atoms with Crippen molar-refractivity contribution >= 4 is 17.1 Å². The van der Waals surface area contributed by atoms with Crippen LogP contribution in [0.15, 0.2) is 54.4 Å². The lowest BCUT2D eigenvalue weighted by atomic mass is 10.2. The molecular formula is C15H13N3OS. The number of rotatable bonds is 5. The molecule has 3 rings (SSSR count). The van der Waals surface area contributed by atoms with Gasteiger partial charge in [-0.3, -0.25) is 9.78 Å². The fourth-order valence-corrected chi connectivity index (χ4v) is 2.67. The van der Waals surface area contributed by atoms with Gasteiger partial charge in [0.25, 0.3) is 0 Å². The van der Waals surface area contributed by atoms with Gasteiger partial charge in [0.1, 0.15) is 5.01 Å². The molecule has 4 nitrogen and oxygen atoms in total. The number of Topliss-reactive ketones (excluding diaryl/α,β-unsaturated/α-hetero) is 1. The number of pyridine rings is 1. The molecule has 0 amide bonds. The fourth-order valence-electron chi connectivity index (χ4n) is 2.06. The Labute approximate surface area is 120 Å². The Bertz CT molecular complexity index is 689. The molecule has 0 aliphatic heterocycles. The van der Waals surface area contributed by atoms with Crippen molar-refractivity contribution in [2.45, 2.75) is 13.0 Å². The highest BCUT2D eigenvalue weighted by Gasteiger charge is 2.13. The second-order valence-electron chi connectivity index (χ2n) is 4.40. The lowest BCUT2D eigenvalue weighted by Crippen LogP contribution is -2.11. The summed E-state index contributed by atoms with van der Waals surface area (Å²) in [4.78, 5) is 20.5. The smallest absolute Gasteiger partial charge is 0.186 e. The first-order valence-corrected chi connectivity index (χ1v) is 7.16. The van der Waals surface area contributed by atoms with Crippen LogP contribution in [0.3, 0.4) is 0 Å². The molecule has 0 N–H and O–H groups in total. The number of aromatic nitrogens is 3. The molecule has 0 unspecified atom stereocenters. The molecule has 0 aliphatic rings. The molecule has 20 heavy (non-hydrogen) atoms. The number of nitrogens with zero attached hydrogens (tertiary/aromatic N) is 3. The van der Waals surface area contributed by atoms with Gasteiger partial charge in [0.2, 0.25) is 0 Å². The van der Waals surface area contributed by atoms with E-state index in [0.29, 0.717) is 13.0 Å². The lowest BCUT2D eigenvalue weighted by molar-refractivity contribution is 0.0984. The number of hydrogen-bond acceptors (Lipinski definition) is 4. The molecule has 0 fully saturated rings. The van der Waals surface area contributed by atoms with Crippen molar-refractivity contribution < 1.29 is 4.79 Å². The largest absolute Gasteiger partial charge is 0.341 e. The second-order valence-corrected chi connectivity index (χ2v) is 5.38. The highest BCUT2D eigenvalue weighted by molar-refractivity contribution is 7.09. The van der Waals surface area contributed by atoms with Crippen molar-refractivity contribution in [3.8, 4) is 0 Å². The third-order valence-electron chi connectivity index (χ3n) is 3.01. The molecule has 0 saturated carbocycles. The molecule has 100 valence electrons. The van der Waals surface area contributed by atoms with Crippen LogP contribution < -0.4 is 0 Å². The van der Waals surface area contributed by atoms with Crippen LogP contribution in [0.1, 0.15) is 21.1 Å². The van der Waals surface area contributed by atoms with E-state index in [1.54, 1.807) is 18.6 Å². The highest BCUT2D eigenvalue weighted by atomic mass is 32.1. The number of ketones is 1. The van der Waals surface area contributed by atoms with Gasteiger partial charge < -0.3 is 4.57 Å². The van der Waals surface area contributed by atoms with E-state index in [9.17, 15) is 4.79 Å². The molecule has 0 bridgehead atoms. The minimum atomic E-state index is 0.0963. The summed E-state index contributed by atoms with van der Waals surface area (Å²) in [6.07, 6.45) is 7.53. The molecule has 0 atom stereocenters. The van der Waals surface area contributed by atoms with Crippen molar-refractivity contribution in [3.63, 3.8) is 0 Å². The topological polar surface area (TPSA) is 47.8 Å². The van der Waals surface area contributed by atoms with Crippen LogP contribution in [-0.2, 0) is 13.0 Å². The zero-order valence-corrected chi connectivity index (χ0v) is 11.6. The van der Waals surface area contributed by atoms with Gasteiger partial charge in [-0.15, -0.1) is 11.3 Å². The quantitative estimate of drug-likeness (QED) is 0.676. The van der Waals surface area contributed by atoms with E-state index in [1.807, 2.05) is 40.4 Å². The van der Waals surface area contributed by atoms with Gasteiger partial charge in [-0.1, -0.05) is 0 Å². The van der Waals surface area contributed by atoms with E-state index in [0.717, 1.165) is 16.3 Å². The van der Waals surface area contributed by atoms with E-state index >= 15 is 0 Å². The van der Waals surface area contributed by atoms with E-state index in [1.165, 1.54) is 11.3 Å². The molecule has 3 aromatic rings. The van der Waals surface area contributed by atoms with Crippen LogP contribution >= 0.6 is 11.3 Å². The summed E-state index contributed by atoms with van der Waals surface area (Å²) in [5, 5.41) is 2.74. The van der Waals surface area contributed by atoms with Gasteiger partial charge in [-0.05, 0) is 29.8 Å². The number of carbonyl (C=O) groups is 1. The monoisotopic (exact) mass is 283 g/mol. The van der Waals surface area contributed by atoms with Crippen LogP contribution in [-0.4, -0.2) is 20.3 Å². The van der Waals surface area contributed by atoms with E-state index in [2.05, 4.69) is 9.97 Å². The molecule has 3 heterocycles. The van der Waals surface area contributed by atoms with Gasteiger partial charge >= 0.3 is 0 Å². The van der Waals surface area contributed by atoms with Crippen molar-refractivity contribution in [3.05, 3.63) is 70.7 Å². The number of thiazole rings is 1. The van der Waals surface area contributed by atoms with Crippen molar-refractivity contribution in [2.24, 2.45) is 0 Å². The maximum Gasteiger partial charge on any atom is 0.186 e. The summed E-state index contributed by atoms with van der Waals surface area (Å²) in [6, 6.07) is 7.66. The maximum absolute atomic E-state index is 12.3. The SMILES string of the molecule is O=C(Cc1nccs1)c1cccn1Cc1ccncc1. The third-order valence-corrected chi connectivity index (χ3v) is 3.79. The molecule has 5 heteroatoms. The summed E-state index contributed by atoms with van der Waals surface area (Å²) in [6.45, 7) is 0.675. The maximum atomic E-state index is 12.3. The van der Waals surface area contributed by atoms with Gasteiger partial charge in [-0.2, -0.15) is 0 Å². The van der Waals surface area contributed by atoms with Crippen molar-refractivity contribution in [1.82, 2.24) is 14.5 Å². The minimum Gasteiger partial charge on any atom is -0.341 e. The molecule has 0 radical (unpaired) electrons. The Morgan fingerprint density at radius 3 is 2.80 bits per heavy atom. The predicted molar refractivity (Wildman–Crippen MR) is 77.9 cm³/mol. The van der Waals surface area contributed by atoms with Crippen LogP contribution in [0.5, 0.6) is 0 Å². The van der Waals surface area contributed by atoms with Gasteiger partial charge in [0, 0.05) is 36.7 Å². The number of hydrogen-bond donors (Lipinski definition) is 0. The Balaban J connectivity index is 1.78. The molecular weight excluding hydrogens is 270 g/mol. The van der Waals surface area contributed by atoms with E-state index in [-0.39, 0.29) is 5.78 Å². The standard InChI is InChI=1S/C15H13N3OS/c19-14(10-15-17-7-9-20-15)13-2-1-8-18(13)11-12-3-5-16-6-4-12/h1-9H,10-11H2. The normalized spacial score (nSPS) is 10.6. The predicted octanol–water partition coefficient (Wildman–Crippen LogP) is 2.81. The molecule has 0 spiro atoms. The zero-order chi connectivity index (χ0) is 13.8. The Morgan fingerprint density at radius 1 is 1.20 bits per heavy atom. The molecule has 0 aromatic carbocycles. The summed E-state index contributed by atoms with van der Waals surface area (Å²) < 4.78 is 1.96. The second kappa shape index (κ2) is 5.79. The van der Waals surface area contributed by atoms with Crippen LogP contribution in [0, 0.1) is 0 Å². The average molecular weight is 283 g/mol. The Kier molecular flexibility index (Phi) is 3.69. The van der Waals surface area contributed by atoms with Crippen LogP contribution in [0.25, 0.3) is 0 Å². The Hall–Kier alpha value is -2.27. The first-order chi connectivity index (χ1) is 9.83. The van der Waals surface area contributed by atoms with E-state index < -0.39 is 0 Å². The molecule has 3 aromatic heterocycles. The summed E-state index contributed by atoms with van der Waals surface area (Å²) >= 11 is 1.51. The molecule has 0 aliphatic carbocycles. The van der Waals surface area contributed by atoms with Gasteiger partial charge in [-0.25, -0.2) is 4.98 Å². The van der Waals surface area contributed by atoms with Gasteiger partial charge in [0.05, 0.1) is 12.1 Å². The van der Waals surface area contributed by atoms with Crippen LogP contribution in [0.4, 0.5) is 0 Å². The van der Waals surface area contributed by atoms with Crippen molar-refractivity contribution in [2.75, 3.05) is 0 Å². The Morgan fingerprint density at radius 2 is 2.05 bits per heavy atom. The lowest BCUT2D eigenvalue weighted by Gasteiger charge is -2.08. The van der Waals surface area contributed by atoms with Crippen molar-refractivity contribution in [1.29, 1.82) is 0 Å². The van der Waals surface area contributed by atoms with Gasteiger partial charge in [0.15, 0.2) is 5.78 Å². The number of carbonyl (C=O) groups excluding carboxylic acids is 1. The summed E-state index contributed by atoms with van der Waals surface area (Å²) in [7, 11) is 0. The third kappa shape index (κ3) is 2.83. The first kappa shape index (κ1) is 12.7. The molecule has 0 saturated heterocycles. The fraction of sp³-hybridized carbons (Fsp3) is 0.133. The van der Waals surface area contributed by atoms with E-state index in [4.69, 9.17) is 0 Å². The summed E-state index contributed by atoms with van der Waals surface area (Å²) in [5.74, 6) is 0.0963. The average Bonchev–Trinajstić information content (AvgIpc) is 3.11. The highest BCUT2D eigenvalue weighted by Crippen LogP contribution is 2.12. The zero-order valence-electron chi connectivity index (χ0n) is 10.8.